The van der Waals surface area contributed by atoms with Crippen molar-refractivity contribution in [3.8, 4) is 0 Å². The minimum Gasteiger partial charge on any atom is -0.326 e. The number of rotatable bonds is 2. The van der Waals surface area contributed by atoms with Crippen LogP contribution < -0.4 is 5.73 Å². The number of imidazole rings is 1. The van der Waals surface area contributed by atoms with Gasteiger partial charge in [0.05, 0.1) is 11.9 Å². The highest BCUT2D eigenvalue weighted by atomic mass is 15.2. The second-order valence-electron chi connectivity index (χ2n) is 4.46. The normalized spacial score (nSPS) is 21.9. The molecule has 16 heavy (non-hydrogen) atoms. The second-order valence-corrected chi connectivity index (χ2v) is 4.46. The quantitative estimate of drug-likeness (QED) is 0.810. The molecule has 2 aromatic heterocycles. The summed E-state index contributed by atoms with van der Waals surface area (Å²) in [6.45, 7) is 3.04. The van der Waals surface area contributed by atoms with Gasteiger partial charge in [0, 0.05) is 31.9 Å². The number of pyridine rings is 1. The maximum absolute atomic E-state index is 5.90. The van der Waals surface area contributed by atoms with E-state index in [-0.39, 0.29) is 0 Å². The lowest BCUT2D eigenvalue weighted by molar-refractivity contribution is 0.322. The molecule has 1 aliphatic heterocycles. The van der Waals surface area contributed by atoms with Gasteiger partial charge in [0.1, 0.15) is 5.65 Å². The summed E-state index contributed by atoms with van der Waals surface area (Å²) in [5, 5.41) is 0. The summed E-state index contributed by atoms with van der Waals surface area (Å²) in [6, 6.07) is 6.42. The molecule has 0 amide bonds. The van der Waals surface area contributed by atoms with Crippen molar-refractivity contribution < 1.29 is 0 Å². The molecule has 0 saturated carbocycles. The summed E-state index contributed by atoms with van der Waals surface area (Å²) < 4.78 is 2.14. The van der Waals surface area contributed by atoms with E-state index < -0.39 is 0 Å². The summed E-state index contributed by atoms with van der Waals surface area (Å²) in [4.78, 5) is 6.77. The number of hydrogen-bond donors (Lipinski definition) is 1. The van der Waals surface area contributed by atoms with Gasteiger partial charge in [-0.05, 0) is 18.6 Å². The summed E-state index contributed by atoms with van der Waals surface area (Å²) >= 11 is 0. The summed E-state index contributed by atoms with van der Waals surface area (Å²) in [6.07, 6.45) is 5.13. The summed E-state index contributed by atoms with van der Waals surface area (Å²) in [7, 11) is 0. The van der Waals surface area contributed by atoms with E-state index in [9.17, 15) is 0 Å². The number of nitrogens with zero attached hydrogens (tertiary/aromatic N) is 3. The van der Waals surface area contributed by atoms with Crippen LogP contribution in [-0.2, 0) is 6.54 Å². The van der Waals surface area contributed by atoms with E-state index >= 15 is 0 Å². The Morgan fingerprint density at radius 3 is 3.19 bits per heavy atom. The van der Waals surface area contributed by atoms with Crippen LogP contribution in [0.3, 0.4) is 0 Å². The van der Waals surface area contributed by atoms with E-state index in [1.165, 1.54) is 5.69 Å². The Kier molecular flexibility index (Phi) is 2.38. The molecule has 1 atom stereocenters. The predicted octanol–water partition coefficient (Wildman–Crippen LogP) is 0.867. The molecule has 1 fully saturated rings. The van der Waals surface area contributed by atoms with Gasteiger partial charge in [0.25, 0.3) is 0 Å². The van der Waals surface area contributed by atoms with Crippen LogP contribution in [0, 0.1) is 0 Å². The molecule has 4 nitrogen and oxygen atoms in total. The van der Waals surface area contributed by atoms with Crippen molar-refractivity contribution in [3.05, 3.63) is 36.3 Å². The maximum Gasteiger partial charge on any atom is 0.136 e. The first-order valence-corrected chi connectivity index (χ1v) is 5.72. The van der Waals surface area contributed by atoms with Crippen LogP contribution in [0.25, 0.3) is 5.65 Å². The molecule has 1 saturated heterocycles. The Hall–Kier alpha value is -1.39. The maximum atomic E-state index is 5.90. The number of aromatic nitrogens is 2. The molecule has 1 unspecified atom stereocenters. The Labute approximate surface area is 94.7 Å². The molecule has 0 bridgehead atoms. The van der Waals surface area contributed by atoms with Crippen molar-refractivity contribution >= 4 is 5.65 Å². The highest BCUT2D eigenvalue weighted by molar-refractivity contribution is 5.39. The Morgan fingerprint density at radius 2 is 2.38 bits per heavy atom. The smallest absolute Gasteiger partial charge is 0.136 e. The zero-order valence-corrected chi connectivity index (χ0v) is 9.21. The lowest BCUT2D eigenvalue weighted by atomic mass is 10.3. The van der Waals surface area contributed by atoms with E-state index in [4.69, 9.17) is 5.73 Å². The molecule has 2 aromatic rings. The standard InChI is InChI=1S/C12H16N4/c13-10-4-6-15(8-10)9-11-7-14-12-3-1-2-5-16(11)12/h1-3,5,7,10H,4,6,8-9,13H2. The van der Waals surface area contributed by atoms with Gasteiger partial charge < -0.3 is 10.1 Å². The molecule has 2 N–H and O–H groups in total. The molecule has 0 aliphatic carbocycles. The lowest BCUT2D eigenvalue weighted by Gasteiger charge is -2.14. The van der Waals surface area contributed by atoms with E-state index in [1.807, 2.05) is 24.4 Å². The van der Waals surface area contributed by atoms with Gasteiger partial charge in [-0.25, -0.2) is 4.98 Å². The number of likely N-dealkylation sites (tertiary alicyclic amines) is 1. The van der Waals surface area contributed by atoms with Crippen LogP contribution in [0.5, 0.6) is 0 Å². The number of fused-ring (bicyclic) bond motifs is 1. The molecule has 84 valence electrons. The van der Waals surface area contributed by atoms with Crippen LogP contribution in [0.4, 0.5) is 0 Å². The Bertz CT molecular complexity index is 490. The highest BCUT2D eigenvalue weighted by Crippen LogP contribution is 2.13. The second kappa shape index (κ2) is 3.88. The molecular formula is C12H16N4. The van der Waals surface area contributed by atoms with Gasteiger partial charge in [0.2, 0.25) is 0 Å². The van der Waals surface area contributed by atoms with E-state index in [1.54, 1.807) is 0 Å². The fourth-order valence-electron chi connectivity index (χ4n) is 2.34. The highest BCUT2D eigenvalue weighted by Gasteiger charge is 2.19. The third kappa shape index (κ3) is 1.70. The lowest BCUT2D eigenvalue weighted by Crippen LogP contribution is -2.26. The van der Waals surface area contributed by atoms with Crippen LogP contribution in [-0.4, -0.2) is 33.4 Å². The molecule has 3 heterocycles. The SMILES string of the molecule is NC1CCN(Cc2cnc3ccccn23)C1. The van der Waals surface area contributed by atoms with Gasteiger partial charge in [-0.2, -0.15) is 0 Å². The molecular weight excluding hydrogens is 200 g/mol. The topological polar surface area (TPSA) is 46.6 Å². The van der Waals surface area contributed by atoms with Crippen LogP contribution >= 0.6 is 0 Å². The van der Waals surface area contributed by atoms with Crippen molar-refractivity contribution in [3.63, 3.8) is 0 Å². The van der Waals surface area contributed by atoms with Crippen LogP contribution in [0.2, 0.25) is 0 Å². The first-order valence-electron chi connectivity index (χ1n) is 5.72. The minimum absolute atomic E-state index is 0.346. The average Bonchev–Trinajstić information content (AvgIpc) is 2.87. The van der Waals surface area contributed by atoms with Crippen LogP contribution in [0.1, 0.15) is 12.1 Å². The van der Waals surface area contributed by atoms with Crippen LogP contribution in [0.15, 0.2) is 30.6 Å². The average molecular weight is 216 g/mol. The molecule has 0 spiro atoms. The number of nitrogens with two attached hydrogens (primary N) is 1. The van der Waals surface area contributed by atoms with E-state index in [2.05, 4.69) is 20.5 Å². The van der Waals surface area contributed by atoms with Crippen molar-refractivity contribution in [1.82, 2.24) is 14.3 Å². The number of hydrogen-bond acceptors (Lipinski definition) is 3. The molecule has 0 aromatic carbocycles. The third-order valence-corrected chi connectivity index (χ3v) is 3.19. The predicted molar refractivity (Wildman–Crippen MR) is 63.1 cm³/mol. The minimum atomic E-state index is 0.346. The third-order valence-electron chi connectivity index (χ3n) is 3.19. The van der Waals surface area contributed by atoms with Gasteiger partial charge in [0.15, 0.2) is 0 Å². The van der Waals surface area contributed by atoms with Crippen molar-refractivity contribution in [1.29, 1.82) is 0 Å². The van der Waals surface area contributed by atoms with Crippen molar-refractivity contribution in [2.24, 2.45) is 5.73 Å². The van der Waals surface area contributed by atoms with E-state index in [0.717, 1.165) is 31.7 Å². The monoisotopic (exact) mass is 216 g/mol. The van der Waals surface area contributed by atoms with Gasteiger partial charge >= 0.3 is 0 Å². The molecule has 4 heteroatoms. The molecule has 1 aliphatic rings. The van der Waals surface area contributed by atoms with Gasteiger partial charge in [-0.3, -0.25) is 4.90 Å². The summed E-state index contributed by atoms with van der Waals surface area (Å²) in [5.41, 5.74) is 8.16. The zero-order valence-electron chi connectivity index (χ0n) is 9.21. The Balaban J connectivity index is 1.84. The van der Waals surface area contributed by atoms with Gasteiger partial charge in [-0.1, -0.05) is 6.07 Å². The first kappa shape index (κ1) is 9.81. The van der Waals surface area contributed by atoms with Crippen molar-refractivity contribution in [2.45, 2.75) is 19.0 Å². The first-order chi connectivity index (χ1) is 7.83. The molecule has 3 rings (SSSR count). The fourth-order valence-corrected chi connectivity index (χ4v) is 2.34. The summed E-state index contributed by atoms with van der Waals surface area (Å²) in [5.74, 6) is 0. The van der Waals surface area contributed by atoms with E-state index in [0.29, 0.717) is 6.04 Å². The zero-order chi connectivity index (χ0) is 11.0. The molecule has 0 radical (unpaired) electrons. The van der Waals surface area contributed by atoms with Crippen molar-refractivity contribution in [2.75, 3.05) is 13.1 Å². The Morgan fingerprint density at radius 1 is 1.44 bits per heavy atom. The largest absolute Gasteiger partial charge is 0.326 e. The fraction of sp³-hybridized carbons (Fsp3) is 0.417. The van der Waals surface area contributed by atoms with Gasteiger partial charge in [-0.15, -0.1) is 0 Å².